The summed E-state index contributed by atoms with van der Waals surface area (Å²) in [5.74, 6) is 0. The number of halogens is 3. The highest BCUT2D eigenvalue weighted by atomic mass is 79.9. The smallest absolute Gasteiger partial charge is 0.117 e. The Morgan fingerprint density at radius 1 is 1.50 bits per heavy atom. The molecule has 0 unspecified atom stereocenters. The van der Waals surface area contributed by atoms with Gasteiger partial charge in [0.25, 0.3) is 0 Å². The van der Waals surface area contributed by atoms with E-state index < -0.39 is 0 Å². The van der Waals surface area contributed by atoms with Crippen molar-refractivity contribution in [1.82, 2.24) is 6.15 Å². The second-order valence-electron chi connectivity index (χ2n) is 0.545. The fourth-order valence-corrected chi connectivity index (χ4v) is 0. The number of alkyl halides is 3. The van der Waals surface area contributed by atoms with Crippen LogP contribution in [-0.4, -0.2) is 10.2 Å². The Balaban J connectivity index is 0. The molecule has 40 valence electrons. The van der Waals surface area contributed by atoms with Crippen LogP contribution in [0.2, 0.25) is 0 Å². The third kappa shape index (κ3) is 8.89. The summed E-state index contributed by atoms with van der Waals surface area (Å²) in [6, 6.07) is 0. The summed E-state index contributed by atoms with van der Waals surface area (Å²) in [4.78, 5) is -0.255. The highest BCUT2D eigenvalue weighted by Crippen LogP contribution is 2.02. The van der Waals surface area contributed by atoms with Gasteiger partial charge in [0.15, 0.2) is 0 Å². The average Bonchev–Trinajstić information content (AvgIpc) is 1.38. The molecule has 0 saturated carbocycles. The van der Waals surface area contributed by atoms with Crippen molar-refractivity contribution in [2.75, 3.05) is 5.33 Å². The van der Waals surface area contributed by atoms with Crippen molar-refractivity contribution in [1.29, 1.82) is 0 Å². The zero-order valence-corrected chi connectivity index (χ0v) is 6.22. The van der Waals surface area contributed by atoms with E-state index in [-0.39, 0.29) is 11.0 Å². The standard InChI is InChI=1S/C2H3BrCl2.H3N/c3-1-2(4)5;/h2H,1H2;1H3. The predicted molar refractivity (Wildman–Crippen MR) is 34.3 cm³/mol. The summed E-state index contributed by atoms with van der Waals surface area (Å²) in [6.45, 7) is 0. The maximum absolute atomic E-state index is 5.18. The Morgan fingerprint density at radius 3 is 1.67 bits per heavy atom. The Labute approximate surface area is 55.7 Å². The lowest BCUT2D eigenvalue weighted by Gasteiger charge is -1.82. The van der Waals surface area contributed by atoms with Crippen molar-refractivity contribution in [3.8, 4) is 0 Å². The van der Waals surface area contributed by atoms with Crippen LogP contribution in [0.5, 0.6) is 0 Å². The molecule has 0 heterocycles. The molecule has 0 aromatic heterocycles. The highest BCUT2D eigenvalue weighted by molar-refractivity contribution is 9.09. The van der Waals surface area contributed by atoms with Gasteiger partial charge in [-0.15, -0.1) is 23.2 Å². The van der Waals surface area contributed by atoms with E-state index in [1.165, 1.54) is 0 Å². The first-order valence-electron chi connectivity index (χ1n) is 1.11. The highest BCUT2D eigenvalue weighted by Gasteiger charge is 1.88. The van der Waals surface area contributed by atoms with Crippen molar-refractivity contribution in [3.63, 3.8) is 0 Å². The molecule has 1 nitrogen and oxygen atoms in total. The van der Waals surface area contributed by atoms with Crippen LogP contribution in [0.1, 0.15) is 0 Å². The minimum Gasteiger partial charge on any atom is -0.344 e. The fourth-order valence-electron chi connectivity index (χ4n) is 0. The van der Waals surface area contributed by atoms with Gasteiger partial charge in [-0.1, -0.05) is 15.9 Å². The van der Waals surface area contributed by atoms with Crippen molar-refractivity contribution in [3.05, 3.63) is 0 Å². The van der Waals surface area contributed by atoms with Gasteiger partial charge in [-0.2, -0.15) is 0 Å². The van der Waals surface area contributed by atoms with Crippen LogP contribution in [0.15, 0.2) is 0 Å². The minimum absolute atomic E-state index is 0. The van der Waals surface area contributed by atoms with Crippen LogP contribution in [0.4, 0.5) is 0 Å². The molecule has 0 radical (unpaired) electrons. The molecular weight excluding hydrogens is 189 g/mol. The number of rotatable bonds is 1. The van der Waals surface area contributed by atoms with Crippen LogP contribution < -0.4 is 6.15 Å². The van der Waals surface area contributed by atoms with Gasteiger partial charge in [0.05, 0.1) is 0 Å². The lowest BCUT2D eigenvalue weighted by Crippen LogP contribution is -1.81. The average molecular weight is 195 g/mol. The molecule has 0 rings (SSSR count). The number of hydrogen-bond donors (Lipinski definition) is 1. The zero-order chi connectivity index (χ0) is 4.28. The molecule has 0 aliphatic heterocycles. The van der Waals surface area contributed by atoms with Gasteiger partial charge >= 0.3 is 0 Å². The van der Waals surface area contributed by atoms with E-state index in [1.54, 1.807) is 0 Å². The van der Waals surface area contributed by atoms with Crippen molar-refractivity contribution < 1.29 is 0 Å². The SMILES string of the molecule is ClC(Cl)CBr.N. The molecule has 4 heteroatoms. The molecule has 0 aliphatic rings. The van der Waals surface area contributed by atoms with E-state index in [0.29, 0.717) is 5.33 Å². The Hall–Kier alpha value is 1.02. The first-order valence-corrected chi connectivity index (χ1v) is 3.11. The molecule has 0 fully saturated rings. The van der Waals surface area contributed by atoms with Crippen LogP contribution in [0.3, 0.4) is 0 Å². The summed E-state index contributed by atoms with van der Waals surface area (Å²) < 4.78 is 0. The maximum Gasteiger partial charge on any atom is 0.117 e. The van der Waals surface area contributed by atoms with Crippen molar-refractivity contribution >= 4 is 39.1 Å². The molecule has 0 aromatic rings. The minimum atomic E-state index is -0.255. The molecule has 0 bridgehead atoms. The number of hydrogen-bond acceptors (Lipinski definition) is 1. The summed E-state index contributed by atoms with van der Waals surface area (Å²) in [6.07, 6.45) is 0. The normalized spacial score (nSPS) is 8.00. The third-order valence-electron chi connectivity index (χ3n) is 0.117. The molecular formula is C2H6BrCl2N. The van der Waals surface area contributed by atoms with E-state index in [0.717, 1.165) is 0 Å². The molecule has 6 heavy (non-hydrogen) atoms. The van der Waals surface area contributed by atoms with Gasteiger partial charge in [-0.25, -0.2) is 0 Å². The summed E-state index contributed by atoms with van der Waals surface area (Å²) in [7, 11) is 0. The Bertz CT molecular complexity index is 25.5. The predicted octanol–water partition coefficient (Wildman–Crippen LogP) is 2.35. The zero-order valence-electron chi connectivity index (χ0n) is 3.13. The van der Waals surface area contributed by atoms with Gasteiger partial charge in [-0.05, 0) is 0 Å². The lowest BCUT2D eigenvalue weighted by atomic mass is 11.0. The van der Waals surface area contributed by atoms with Crippen molar-refractivity contribution in [2.24, 2.45) is 0 Å². The molecule has 0 saturated heterocycles. The summed E-state index contributed by atoms with van der Waals surface area (Å²) in [5, 5.41) is 0.649. The van der Waals surface area contributed by atoms with E-state index in [2.05, 4.69) is 15.9 Å². The molecule has 0 aliphatic carbocycles. The summed E-state index contributed by atoms with van der Waals surface area (Å²) in [5.41, 5.74) is 0. The van der Waals surface area contributed by atoms with Crippen LogP contribution >= 0.6 is 39.1 Å². The van der Waals surface area contributed by atoms with Gasteiger partial charge in [0.1, 0.15) is 4.84 Å². The van der Waals surface area contributed by atoms with Crippen LogP contribution in [0, 0.1) is 0 Å². The van der Waals surface area contributed by atoms with E-state index in [1.807, 2.05) is 0 Å². The van der Waals surface area contributed by atoms with Crippen molar-refractivity contribution in [2.45, 2.75) is 4.84 Å². The second kappa shape index (κ2) is 6.02. The molecule has 0 spiro atoms. The molecule has 0 aromatic carbocycles. The maximum atomic E-state index is 5.18. The second-order valence-corrected chi connectivity index (χ2v) is 2.47. The lowest BCUT2D eigenvalue weighted by molar-refractivity contribution is 1.44. The van der Waals surface area contributed by atoms with Gasteiger partial charge in [0.2, 0.25) is 0 Å². The van der Waals surface area contributed by atoms with E-state index in [9.17, 15) is 0 Å². The Kier molecular flexibility index (Phi) is 10.1. The van der Waals surface area contributed by atoms with Crippen LogP contribution in [0.25, 0.3) is 0 Å². The van der Waals surface area contributed by atoms with Crippen LogP contribution in [-0.2, 0) is 0 Å². The van der Waals surface area contributed by atoms with E-state index in [4.69, 9.17) is 23.2 Å². The van der Waals surface area contributed by atoms with Gasteiger partial charge < -0.3 is 6.15 Å². The third-order valence-corrected chi connectivity index (χ3v) is 1.82. The fraction of sp³-hybridized carbons (Fsp3) is 1.00. The first kappa shape index (κ1) is 10.1. The quantitative estimate of drug-likeness (QED) is 0.640. The monoisotopic (exact) mass is 193 g/mol. The van der Waals surface area contributed by atoms with E-state index >= 15 is 0 Å². The molecule has 0 atom stereocenters. The topological polar surface area (TPSA) is 35.0 Å². The van der Waals surface area contributed by atoms with Gasteiger partial charge in [-0.3, -0.25) is 0 Å². The largest absolute Gasteiger partial charge is 0.344 e. The van der Waals surface area contributed by atoms with Gasteiger partial charge in [0, 0.05) is 5.33 Å². The first-order chi connectivity index (χ1) is 2.27. The molecule has 0 amide bonds. The Morgan fingerprint density at radius 2 is 1.67 bits per heavy atom. The molecule has 3 N–H and O–H groups in total. The summed E-state index contributed by atoms with van der Waals surface area (Å²) >= 11 is 13.4.